The van der Waals surface area contributed by atoms with Crippen LogP contribution in [0.25, 0.3) is 17.0 Å². The second kappa shape index (κ2) is 6.88. The van der Waals surface area contributed by atoms with Crippen LogP contribution in [0.4, 0.5) is 0 Å². The minimum atomic E-state index is -0.346. The molecule has 5 nitrogen and oxygen atoms in total. The smallest absolute Gasteiger partial charge is 0.261 e. The highest BCUT2D eigenvalue weighted by Crippen LogP contribution is 2.17. The highest BCUT2D eigenvalue weighted by molar-refractivity contribution is 6.01. The molecule has 0 aliphatic carbocycles. The maximum Gasteiger partial charge on any atom is 0.261 e. The lowest BCUT2D eigenvalue weighted by molar-refractivity contribution is -0.117. The van der Waals surface area contributed by atoms with Crippen molar-refractivity contribution in [3.05, 3.63) is 65.6 Å². The quantitative estimate of drug-likeness (QED) is 0.561. The normalized spacial score (nSPS) is 11.4. The summed E-state index contributed by atoms with van der Waals surface area (Å²) >= 11 is 0. The molecule has 2 heterocycles. The van der Waals surface area contributed by atoms with E-state index >= 15 is 0 Å². The minimum absolute atomic E-state index is 0.111. The van der Waals surface area contributed by atoms with Crippen LogP contribution in [0.5, 0.6) is 0 Å². The molecule has 1 amide bonds. The maximum absolute atomic E-state index is 12.2. The molecule has 0 aliphatic heterocycles. The molecule has 0 saturated heterocycles. The summed E-state index contributed by atoms with van der Waals surface area (Å²) in [5.74, 6) is -0.346. The number of para-hydroxylation sites is 1. The Hall–Kier alpha value is -3.26. The molecule has 3 rings (SSSR count). The molecule has 1 aromatic carbocycles. The topological polar surface area (TPSA) is 73.6 Å². The Bertz CT molecular complexity index is 940. The number of amides is 1. The Balaban J connectivity index is 1.62. The minimum Gasteiger partial charge on any atom is -0.361 e. The van der Waals surface area contributed by atoms with Gasteiger partial charge < -0.3 is 14.9 Å². The molecule has 2 aromatic heterocycles. The fraction of sp³-hybridized carbons (Fsp3) is 0.158. The average Bonchev–Trinajstić information content (AvgIpc) is 3.19. The number of aryl methyl sites for hydroxylation is 1. The number of fused-ring (bicyclic) bond motifs is 1. The van der Waals surface area contributed by atoms with Gasteiger partial charge in [-0.3, -0.25) is 4.79 Å². The molecule has 5 heteroatoms. The molecule has 2 N–H and O–H groups in total. The molecule has 0 aliphatic rings. The zero-order chi connectivity index (χ0) is 16.9. The van der Waals surface area contributed by atoms with Gasteiger partial charge in [0.2, 0.25) is 0 Å². The monoisotopic (exact) mass is 318 g/mol. The van der Waals surface area contributed by atoms with Gasteiger partial charge in [-0.05, 0) is 35.8 Å². The van der Waals surface area contributed by atoms with E-state index in [1.54, 1.807) is 6.08 Å². The largest absolute Gasteiger partial charge is 0.361 e. The summed E-state index contributed by atoms with van der Waals surface area (Å²) < 4.78 is 1.87. The van der Waals surface area contributed by atoms with Gasteiger partial charge in [0.05, 0.1) is 0 Å². The number of carbonyl (C=O) groups excluding carboxylic acids is 1. The fourth-order valence-corrected chi connectivity index (χ4v) is 2.67. The molecule has 3 aromatic rings. The number of benzene rings is 1. The first-order chi connectivity index (χ1) is 11.7. The number of H-pyrrole nitrogens is 1. The molecular formula is C19H18N4O. The van der Waals surface area contributed by atoms with E-state index in [1.807, 2.05) is 60.5 Å². The van der Waals surface area contributed by atoms with Gasteiger partial charge in [-0.1, -0.05) is 18.2 Å². The van der Waals surface area contributed by atoms with Crippen molar-refractivity contribution in [3.8, 4) is 6.07 Å². The number of nitrogens with one attached hydrogen (secondary N) is 2. The van der Waals surface area contributed by atoms with E-state index in [1.165, 1.54) is 0 Å². The fourth-order valence-electron chi connectivity index (χ4n) is 2.67. The number of rotatable bonds is 5. The highest BCUT2D eigenvalue weighted by atomic mass is 16.1. The number of hydrogen-bond donors (Lipinski definition) is 2. The van der Waals surface area contributed by atoms with E-state index in [2.05, 4.69) is 16.4 Å². The third-order valence-electron chi connectivity index (χ3n) is 3.89. The molecule has 0 spiro atoms. The van der Waals surface area contributed by atoms with Crippen molar-refractivity contribution in [3.63, 3.8) is 0 Å². The van der Waals surface area contributed by atoms with E-state index < -0.39 is 0 Å². The Morgan fingerprint density at radius 1 is 1.38 bits per heavy atom. The molecular weight excluding hydrogens is 300 g/mol. The van der Waals surface area contributed by atoms with Crippen LogP contribution in [-0.2, 0) is 18.3 Å². The summed E-state index contributed by atoms with van der Waals surface area (Å²) in [4.78, 5) is 15.4. The number of nitrogens with zero attached hydrogens (tertiary/aromatic N) is 2. The molecule has 0 atom stereocenters. The summed E-state index contributed by atoms with van der Waals surface area (Å²) in [5, 5.41) is 13.2. The first kappa shape index (κ1) is 15.6. The van der Waals surface area contributed by atoms with E-state index in [0.29, 0.717) is 13.0 Å². The van der Waals surface area contributed by atoms with Gasteiger partial charge in [0.1, 0.15) is 11.6 Å². The third kappa shape index (κ3) is 3.39. The highest BCUT2D eigenvalue weighted by Gasteiger charge is 2.09. The van der Waals surface area contributed by atoms with Crippen molar-refractivity contribution < 1.29 is 4.79 Å². The standard InChI is InChI=1S/C19H18N4O/c1-23-9-7-14(13-23)10-16(11-20)19(24)21-8-6-15-12-22-18-5-3-2-4-17(15)18/h2-5,7,9-10,12-13,22H,6,8H2,1H3,(H,21,24)/b16-10+. The summed E-state index contributed by atoms with van der Waals surface area (Å²) in [6.45, 7) is 0.481. The molecule has 0 fully saturated rings. The summed E-state index contributed by atoms with van der Waals surface area (Å²) in [6, 6.07) is 11.9. The van der Waals surface area contributed by atoms with Crippen LogP contribution >= 0.6 is 0 Å². The second-order valence-corrected chi connectivity index (χ2v) is 5.65. The van der Waals surface area contributed by atoms with Gasteiger partial charge in [0.15, 0.2) is 0 Å². The molecule has 120 valence electrons. The number of hydrogen-bond acceptors (Lipinski definition) is 2. The van der Waals surface area contributed by atoms with Crippen molar-refractivity contribution in [1.82, 2.24) is 14.9 Å². The summed E-state index contributed by atoms with van der Waals surface area (Å²) in [5.41, 5.74) is 3.18. The zero-order valence-electron chi connectivity index (χ0n) is 13.4. The van der Waals surface area contributed by atoms with E-state index in [9.17, 15) is 10.1 Å². The number of carbonyl (C=O) groups is 1. The van der Waals surface area contributed by atoms with Gasteiger partial charge in [-0.15, -0.1) is 0 Å². The van der Waals surface area contributed by atoms with E-state index in [-0.39, 0.29) is 11.5 Å². The first-order valence-corrected chi connectivity index (χ1v) is 7.74. The Labute approximate surface area is 140 Å². The van der Waals surface area contributed by atoms with Crippen molar-refractivity contribution in [2.45, 2.75) is 6.42 Å². The van der Waals surface area contributed by atoms with Gasteiger partial charge >= 0.3 is 0 Å². The number of nitriles is 1. The lowest BCUT2D eigenvalue weighted by atomic mass is 10.1. The van der Waals surface area contributed by atoms with Crippen LogP contribution in [0, 0.1) is 11.3 Å². The van der Waals surface area contributed by atoms with Gasteiger partial charge in [0, 0.05) is 43.1 Å². The van der Waals surface area contributed by atoms with Crippen LogP contribution in [0.15, 0.2) is 54.5 Å². The first-order valence-electron chi connectivity index (χ1n) is 7.74. The van der Waals surface area contributed by atoms with Crippen LogP contribution in [0.1, 0.15) is 11.1 Å². The predicted molar refractivity (Wildman–Crippen MR) is 94.0 cm³/mol. The van der Waals surface area contributed by atoms with Gasteiger partial charge in [-0.2, -0.15) is 5.26 Å². The van der Waals surface area contributed by atoms with Crippen LogP contribution in [0.3, 0.4) is 0 Å². The summed E-state index contributed by atoms with van der Waals surface area (Å²) in [7, 11) is 1.89. The van der Waals surface area contributed by atoms with Crippen molar-refractivity contribution in [2.24, 2.45) is 7.05 Å². The van der Waals surface area contributed by atoms with Crippen molar-refractivity contribution in [2.75, 3.05) is 6.54 Å². The van der Waals surface area contributed by atoms with Crippen LogP contribution in [-0.4, -0.2) is 22.0 Å². The predicted octanol–water partition coefficient (Wildman–Crippen LogP) is 2.77. The molecule has 0 bridgehead atoms. The maximum atomic E-state index is 12.2. The Kier molecular flexibility index (Phi) is 4.48. The van der Waals surface area contributed by atoms with Crippen LogP contribution < -0.4 is 5.32 Å². The number of aromatic nitrogens is 2. The average molecular weight is 318 g/mol. The zero-order valence-corrected chi connectivity index (χ0v) is 13.4. The van der Waals surface area contributed by atoms with E-state index in [4.69, 9.17) is 0 Å². The van der Waals surface area contributed by atoms with Crippen LogP contribution in [0.2, 0.25) is 0 Å². The molecule has 0 radical (unpaired) electrons. The third-order valence-corrected chi connectivity index (χ3v) is 3.89. The van der Waals surface area contributed by atoms with E-state index in [0.717, 1.165) is 22.0 Å². The molecule has 24 heavy (non-hydrogen) atoms. The molecule has 0 unspecified atom stereocenters. The SMILES string of the molecule is Cn1ccc(/C=C(\C#N)C(=O)NCCc2c[nH]c3ccccc23)c1. The Morgan fingerprint density at radius 3 is 2.96 bits per heavy atom. The summed E-state index contributed by atoms with van der Waals surface area (Å²) in [6.07, 6.45) is 8.00. The second-order valence-electron chi connectivity index (χ2n) is 5.65. The number of aromatic amines is 1. The Morgan fingerprint density at radius 2 is 2.21 bits per heavy atom. The lowest BCUT2D eigenvalue weighted by Gasteiger charge is -2.03. The van der Waals surface area contributed by atoms with Gasteiger partial charge in [0.25, 0.3) is 5.91 Å². The molecule has 0 saturated carbocycles. The van der Waals surface area contributed by atoms with Gasteiger partial charge in [-0.25, -0.2) is 0 Å². The van der Waals surface area contributed by atoms with Crippen molar-refractivity contribution >= 4 is 22.9 Å². The lowest BCUT2D eigenvalue weighted by Crippen LogP contribution is -2.26. The van der Waals surface area contributed by atoms with Crippen molar-refractivity contribution in [1.29, 1.82) is 5.26 Å².